The smallest absolute Gasteiger partial charge is 0.321 e. The zero-order chi connectivity index (χ0) is 30.1. The lowest BCUT2D eigenvalue weighted by Crippen LogP contribution is -2.60. The van der Waals surface area contributed by atoms with E-state index < -0.39 is 5.82 Å². The second kappa shape index (κ2) is 14.6. The summed E-state index contributed by atoms with van der Waals surface area (Å²) in [6.45, 7) is 10.1. The molecule has 2 aliphatic heterocycles. The Morgan fingerprint density at radius 1 is 1.02 bits per heavy atom. The Hall–Kier alpha value is -4.17. The van der Waals surface area contributed by atoms with E-state index in [2.05, 4.69) is 39.7 Å². The number of urea groups is 1. The number of piperidine rings is 1. The standard InChI is InChI=1S/C31H41FN8O2/c1-22(2)28-20-39(31(42)35-25-10-7-9-24(32)19-25)17-18-40(28)30(34-21-33)37-27-12-8-11-26(23(27)3)36-29(41)13-16-38-14-5-4-6-15-38/h7-12,19,22,28H,4-6,13-18,20H2,1-3H3,(H,34,37)(H,35,42)(H,36,41). The number of amides is 3. The first-order valence-electron chi connectivity index (χ1n) is 14.7. The number of nitrogens with zero attached hydrogens (tertiary/aromatic N) is 5. The van der Waals surface area contributed by atoms with E-state index in [0.29, 0.717) is 43.4 Å². The molecule has 2 aromatic carbocycles. The van der Waals surface area contributed by atoms with Crippen LogP contribution < -0.4 is 16.0 Å². The van der Waals surface area contributed by atoms with Crippen LogP contribution in [0.2, 0.25) is 0 Å². The lowest BCUT2D eigenvalue weighted by atomic mass is 10.00. The molecule has 1 unspecified atom stereocenters. The van der Waals surface area contributed by atoms with Crippen LogP contribution in [0.4, 0.5) is 26.2 Å². The van der Waals surface area contributed by atoms with E-state index >= 15 is 0 Å². The van der Waals surface area contributed by atoms with Crippen molar-refractivity contribution >= 4 is 35.0 Å². The fourth-order valence-electron chi connectivity index (χ4n) is 5.49. The zero-order valence-corrected chi connectivity index (χ0v) is 24.7. The van der Waals surface area contributed by atoms with Crippen LogP contribution in [0.15, 0.2) is 47.5 Å². The maximum absolute atomic E-state index is 13.6. The maximum Gasteiger partial charge on any atom is 0.321 e. The average molecular weight is 577 g/mol. The number of hydrogen-bond donors (Lipinski definition) is 3. The molecular weight excluding hydrogens is 535 g/mol. The van der Waals surface area contributed by atoms with Gasteiger partial charge in [0.15, 0.2) is 0 Å². The number of aliphatic imine (C=N–C) groups is 1. The lowest BCUT2D eigenvalue weighted by molar-refractivity contribution is -0.116. The molecule has 4 rings (SSSR count). The van der Waals surface area contributed by atoms with Crippen LogP contribution in [0.1, 0.15) is 45.1 Å². The molecule has 2 heterocycles. The summed E-state index contributed by atoms with van der Waals surface area (Å²) in [4.78, 5) is 35.9. The van der Waals surface area contributed by atoms with Gasteiger partial charge in [0, 0.05) is 49.7 Å². The highest BCUT2D eigenvalue weighted by atomic mass is 19.1. The molecule has 0 aliphatic carbocycles. The van der Waals surface area contributed by atoms with Crippen LogP contribution in [0.3, 0.4) is 0 Å². The van der Waals surface area contributed by atoms with Crippen molar-refractivity contribution in [3.8, 4) is 6.19 Å². The highest BCUT2D eigenvalue weighted by Gasteiger charge is 2.34. The molecule has 0 aromatic heterocycles. The Morgan fingerprint density at radius 2 is 1.74 bits per heavy atom. The van der Waals surface area contributed by atoms with Crippen molar-refractivity contribution in [3.63, 3.8) is 0 Å². The summed E-state index contributed by atoms with van der Waals surface area (Å²) in [5.41, 5.74) is 2.67. The first-order valence-corrected chi connectivity index (χ1v) is 14.7. The van der Waals surface area contributed by atoms with E-state index in [9.17, 15) is 19.2 Å². The average Bonchev–Trinajstić information content (AvgIpc) is 2.98. The second-order valence-corrected chi connectivity index (χ2v) is 11.2. The van der Waals surface area contributed by atoms with Crippen LogP contribution in [0.5, 0.6) is 0 Å². The number of carbonyl (C=O) groups excluding carboxylic acids is 2. The number of halogens is 1. The molecule has 0 radical (unpaired) electrons. The van der Waals surface area contributed by atoms with Crippen LogP contribution in [-0.2, 0) is 4.79 Å². The predicted octanol–water partition coefficient (Wildman–Crippen LogP) is 5.07. The number of nitriles is 1. The molecule has 2 aromatic rings. The Labute approximate surface area is 247 Å². The van der Waals surface area contributed by atoms with E-state index in [1.165, 1.54) is 31.4 Å². The van der Waals surface area contributed by atoms with Gasteiger partial charge < -0.3 is 30.7 Å². The Bertz CT molecular complexity index is 1320. The summed E-state index contributed by atoms with van der Waals surface area (Å²) in [5.74, 6) is 0.0712. The number of hydrogen-bond acceptors (Lipinski definition) is 5. The van der Waals surface area contributed by atoms with E-state index in [0.717, 1.165) is 30.9 Å². The number of piperazine rings is 1. The number of rotatable bonds is 7. The number of guanidine groups is 1. The summed E-state index contributed by atoms with van der Waals surface area (Å²) in [7, 11) is 0. The Morgan fingerprint density at radius 3 is 2.43 bits per heavy atom. The van der Waals surface area contributed by atoms with E-state index in [1.807, 2.05) is 36.2 Å². The van der Waals surface area contributed by atoms with Gasteiger partial charge in [0.1, 0.15) is 5.82 Å². The summed E-state index contributed by atoms with van der Waals surface area (Å²) >= 11 is 0. The monoisotopic (exact) mass is 576 g/mol. The normalized spacial score (nSPS) is 18.0. The molecule has 3 N–H and O–H groups in total. The maximum atomic E-state index is 13.6. The molecule has 10 nitrogen and oxygen atoms in total. The number of carbonyl (C=O) groups is 2. The van der Waals surface area contributed by atoms with Crippen LogP contribution in [-0.4, -0.2) is 77.9 Å². The van der Waals surface area contributed by atoms with Crippen molar-refractivity contribution in [1.29, 1.82) is 5.26 Å². The van der Waals surface area contributed by atoms with Crippen molar-refractivity contribution in [1.82, 2.24) is 14.7 Å². The lowest BCUT2D eigenvalue weighted by Gasteiger charge is -2.44. The summed E-state index contributed by atoms with van der Waals surface area (Å²) < 4.78 is 13.6. The Balaban J connectivity index is 1.42. The van der Waals surface area contributed by atoms with Gasteiger partial charge in [-0.15, -0.1) is 4.99 Å². The number of benzene rings is 2. The predicted molar refractivity (Wildman–Crippen MR) is 164 cm³/mol. The molecule has 0 saturated carbocycles. The summed E-state index contributed by atoms with van der Waals surface area (Å²) in [6, 6.07) is 11.0. The number of anilines is 3. The van der Waals surface area contributed by atoms with Crippen LogP contribution >= 0.6 is 0 Å². The molecule has 2 aliphatic rings. The van der Waals surface area contributed by atoms with Gasteiger partial charge in [0.2, 0.25) is 18.1 Å². The molecule has 11 heteroatoms. The first-order chi connectivity index (χ1) is 20.2. The minimum atomic E-state index is -0.419. The topological polar surface area (TPSA) is 116 Å². The van der Waals surface area contributed by atoms with Gasteiger partial charge in [-0.3, -0.25) is 4.79 Å². The molecule has 2 saturated heterocycles. The van der Waals surface area contributed by atoms with Gasteiger partial charge in [-0.2, -0.15) is 5.26 Å². The SMILES string of the molecule is Cc1c(NC(=O)CCN2CCCCC2)cccc1N/C(=N/C#N)N1CCN(C(=O)Nc2cccc(F)c2)CC1C(C)C. The van der Waals surface area contributed by atoms with Gasteiger partial charge in [0.25, 0.3) is 0 Å². The van der Waals surface area contributed by atoms with Gasteiger partial charge in [-0.1, -0.05) is 32.4 Å². The molecule has 224 valence electrons. The van der Waals surface area contributed by atoms with Gasteiger partial charge in [0.05, 0.1) is 6.04 Å². The molecular formula is C31H41FN8O2. The van der Waals surface area contributed by atoms with Crippen molar-refractivity contribution < 1.29 is 14.0 Å². The minimum Gasteiger partial charge on any atom is -0.335 e. The minimum absolute atomic E-state index is 0.0285. The molecule has 2 fully saturated rings. The fourth-order valence-corrected chi connectivity index (χ4v) is 5.49. The highest BCUT2D eigenvalue weighted by Crippen LogP contribution is 2.26. The molecule has 3 amide bonds. The molecule has 42 heavy (non-hydrogen) atoms. The largest absolute Gasteiger partial charge is 0.335 e. The third-order valence-electron chi connectivity index (χ3n) is 7.94. The third-order valence-corrected chi connectivity index (χ3v) is 7.94. The fraction of sp³-hybridized carbons (Fsp3) is 0.484. The van der Waals surface area contributed by atoms with Gasteiger partial charge in [-0.25, -0.2) is 9.18 Å². The van der Waals surface area contributed by atoms with E-state index in [-0.39, 0.29) is 23.9 Å². The molecule has 0 spiro atoms. The zero-order valence-electron chi connectivity index (χ0n) is 24.7. The van der Waals surface area contributed by atoms with E-state index in [4.69, 9.17) is 0 Å². The van der Waals surface area contributed by atoms with Crippen molar-refractivity contribution in [2.75, 3.05) is 55.2 Å². The molecule has 1 atom stereocenters. The number of nitrogens with one attached hydrogen (secondary N) is 3. The summed E-state index contributed by atoms with van der Waals surface area (Å²) in [6.07, 6.45) is 5.99. The van der Waals surface area contributed by atoms with Gasteiger partial charge in [-0.05, 0) is 74.7 Å². The van der Waals surface area contributed by atoms with Crippen molar-refractivity contribution in [3.05, 3.63) is 53.8 Å². The van der Waals surface area contributed by atoms with E-state index in [1.54, 1.807) is 17.0 Å². The summed E-state index contributed by atoms with van der Waals surface area (Å²) in [5, 5.41) is 18.7. The second-order valence-electron chi connectivity index (χ2n) is 11.2. The van der Waals surface area contributed by atoms with Crippen molar-refractivity contribution in [2.24, 2.45) is 10.9 Å². The Kier molecular flexibility index (Phi) is 10.7. The quantitative estimate of drug-likeness (QED) is 0.241. The van der Waals surface area contributed by atoms with Gasteiger partial charge >= 0.3 is 6.03 Å². The van der Waals surface area contributed by atoms with Crippen LogP contribution in [0, 0.1) is 30.1 Å². The first kappa shape index (κ1) is 30.8. The third kappa shape index (κ3) is 8.19. The highest BCUT2D eigenvalue weighted by molar-refractivity contribution is 5.98. The number of likely N-dealkylation sites (tertiary alicyclic amines) is 1. The molecule has 0 bridgehead atoms. The van der Waals surface area contributed by atoms with Crippen LogP contribution in [0.25, 0.3) is 0 Å². The van der Waals surface area contributed by atoms with Crippen molar-refractivity contribution in [2.45, 2.75) is 52.5 Å².